The molecule has 3 aromatic carbocycles. The van der Waals surface area contributed by atoms with Gasteiger partial charge in [-0.2, -0.15) is 0 Å². The highest BCUT2D eigenvalue weighted by atomic mass is 16.6. The summed E-state index contributed by atoms with van der Waals surface area (Å²) in [6.07, 6.45) is 11.8. The lowest BCUT2D eigenvalue weighted by molar-refractivity contribution is -0.160. The number of allylic oxidation sites excluding steroid dienone is 1. The van der Waals surface area contributed by atoms with Gasteiger partial charge >= 0.3 is 5.97 Å². The number of anilines is 2. The molecule has 2 amide bonds. The molecule has 3 aliphatic rings. The average molecular weight is 787 g/mol. The average Bonchev–Trinajstić information content (AvgIpc) is 3.70. The molecule has 2 saturated heterocycles. The highest BCUT2D eigenvalue weighted by molar-refractivity contribution is 6.06. The number of benzene rings is 3. The number of carbonyl (C=O) groups is 3. The van der Waals surface area contributed by atoms with Crippen LogP contribution in [0.3, 0.4) is 0 Å². The molecule has 1 aliphatic carbocycles. The number of carbonyl (C=O) groups excluding carboxylic acids is 3. The molecular weight excluding hydrogens is 725 g/mol. The fourth-order valence-corrected chi connectivity index (χ4v) is 8.41. The van der Waals surface area contributed by atoms with Gasteiger partial charge in [0.15, 0.2) is 0 Å². The third kappa shape index (κ3) is 11.1. The van der Waals surface area contributed by atoms with Crippen LogP contribution in [0.15, 0.2) is 89.4 Å². The highest BCUT2D eigenvalue weighted by Gasteiger charge is 2.34. The van der Waals surface area contributed by atoms with Crippen LogP contribution in [0.4, 0.5) is 11.4 Å². The van der Waals surface area contributed by atoms with Gasteiger partial charge in [0.05, 0.1) is 17.4 Å². The molecule has 308 valence electrons. The van der Waals surface area contributed by atoms with Crippen molar-refractivity contribution in [2.75, 3.05) is 50.0 Å². The van der Waals surface area contributed by atoms with Gasteiger partial charge < -0.3 is 25.2 Å². The number of fused-ring (bicyclic) bond motifs is 1. The second-order valence-electron chi connectivity index (χ2n) is 16.9. The molecule has 10 heteroatoms. The van der Waals surface area contributed by atoms with E-state index in [1.807, 2.05) is 70.2 Å². The van der Waals surface area contributed by atoms with Crippen molar-refractivity contribution in [1.82, 2.24) is 15.1 Å². The van der Waals surface area contributed by atoms with Gasteiger partial charge in [0.2, 0.25) is 0 Å². The quantitative estimate of drug-likeness (QED) is 0.0733. The molecule has 2 fully saturated rings. The number of likely N-dealkylation sites (N-methyl/N-ethyl adjacent to an activating group) is 1. The number of piperidine rings is 1. The van der Waals surface area contributed by atoms with Crippen molar-refractivity contribution < 1.29 is 19.1 Å². The number of hydrogen-bond acceptors (Lipinski definition) is 8. The van der Waals surface area contributed by atoms with Crippen molar-refractivity contribution in [3.8, 4) is 0 Å². The van der Waals surface area contributed by atoms with Crippen LogP contribution in [0.2, 0.25) is 0 Å². The molecule has 2 heterocycles. The van der Waals surface area contributed by atoms with Gasteiger partial charge in [-0.3, -0.25) is 24.3 Å². The number of rotatable bonds is 14. The van der Waals surface area contributed by atoms with E-state index in [0.29, 0.717) is 34.6 Å². The summed E-state index contributed by atoms with van der Waals surface area (Å²) in [5, 5.41) is 6.45. The number of aryl methyl sites for hydroxylation is 1. The van der Waals surface area contributed by atoms with E-state index in [-0.39, 0.29) is 29.9 Å². The summed E-state index contributed by atoms with van der Waals surface area (Å²) in [7, 11) is 2.06. The molecule has 1 unspecified atom stereocenters. The zero-order chi connectivity index (χ0) is 41.2. The first-order valence-corrected chi connectivity index (χ1v) is 21.1. The number of nitrogens with one attached hydrogen (secondary N) is 2. The summed E-state index contributed by atoms with van der Waals surface area (Å²) in [4.78, 5) is 51.9. The Balaban J connectivity index is 1.17. The number of hydrogen-bond donors (Lipinski definition) is 2. The molecule has 3 aromatic rings. The number of aliphatic imine (C=N–C) groups is 1. The fraction of sp³-hybridized carbons (Fsp3) is 0.458. The topological polar surface area (TPSA) is 107 Å². The third-order valence-corrected chi connectivity index (χ3v) is 11.4. The first-order chi connectivity index (χ1) is 27.9. The number of esters is 1. The second kappa shape index (κ2) is 19.6. The van der Waals surface area contributed by atoms with Crippen LogP contribution in [0, 0.1) is 0 Å². The molecule has 10 nitrogen and oxygen atoms in total. The lowest BCUT2D eigenvalue weighted by Gasteiger charge is -2.29. The number of amides is 2. The van der Waals surface area contributed by atoms with E-state index in [1.165, 1.54) is 17.5 Å². The van der Waals surface area contributed by atoms with Crippen molar-refractivity contribution in [3.05, 3.63) is 112 Å². The summed E-state index contributed by atoms with van der Waals surface area (Å²) in [5.74, 6) is -0.554. The van der Waals surface area contributed by atoms with E-state index in [2.05, 4.69) is 68.4 Å². The monoisotopic (exact) mass is 786 g/mol. The molecule has 2 aliphatic heterocycles. The van der Waals surface area contributed by atoms with Crippen molar-refractivity contribution >= 4 is 41.6 Å². The number of nitrogens with zero attached hydrogens (tertiary/aromatic N) is 4. The Hall–Kier alpha value is -5.06. The molecule has 0 radical (unpaired) electrons. The molecule has 0 spiro atoms. The van der Waals surface area contributed by atoms with Crippen molar-refractivity contribution in [2.24, 2.45) is 4.99 Å². The zero-order valence-electron chi connectivity index (χ0n) is 35.2. The molecule has 0 aromatic heterocycles. The Bertz CT molecular complexity index is 2010. The highest BCUT2D eigenvalue weighted by Crippen LogP contribution is 2.34. The van der Waals surface area contributed by atoms with Gasteiger partial charge in [-0.1, -0.05) is 42.5 Å². The largest absolute Gasteiger partial charge is 0.459 e. The molecule has 2 N–H and O–H groups in total. The van der Waals surface area contributed by atoms with Crippen LogP contribution in [-0.4, -0.2) is 85.7 Å². The van der Waals surface area contributed by atoms with Gasteiger partial charge in [-0.25, -0.2) is 0 Å². The Morgan fingerprint density at radius 1 is 0.948 bits per heavy atom. The molecule has 0 bridgehead atoms. The molecule has 2 atom stereocenters. The Labute approximate surface area is 345 Å². The van der Waals surface area contributed by atoms with E-state index >= 15 is 0 Å². The zero-order valence-corrected chi connectivity index (χ0v) is 35.2. The van der Waals surface area contributed by atoms with Crippen LogP contribution in [0.25, 0.3) is 5.70 Å². The lowest BCUT2D eigenvalue weighted by atomic mass is 9.87. The van der Waals surface area contributed by atoms with E-state index in [9.17, 15) is 14.4 Å². The van der Waals surface area contributed by atoms with Crippen LogP contribution in [0.1, 0.15) is 111 Å². The standard InChI is InChI=1S/C48H62N6O4/c1-7-35(45(55)50-41-21-14-18-36-17-9-10-20-39(36)41)31-43(49-5)40-32-38(53-25-11-8-12-26-53)23-24-42(40)51-46(56)37-19-13-16-34(30-37)33-52(6)28-29-54-27-15-22-44(54)47(57)58-48(2,3)4/h7,9-10,13,16-17,19-20,23-24,30-32,41,44H,5,8,11-12,14-15,18,21-22,25-29,33H2,1-4,6H3,(H,50,55)(H,51,56)/b35-7+,43-31-/t41?,44-/m0/s1. The summed E-state index contributed by atoms with van der Waals surface area (Å²) >= 11 is 0. The normalized spacial score (nSPS) is 19.1. The first kappa shape index (κ1) is 42.5. The summed E-state index contributed by atoms with van der Waals surface area (Å²) in [5.41, 5.74) is 6.83. The predicted octanol–water partition coefficient (Wildman–Crippen LogP) is 8.35. The summed E-state index contributed by atoms with van der Waals surface area (Å²) in [6, 6.07) is 21.8. The Morgan fingerprint density at radius 3 is 2.50 bits per heavy atom. The Kier molecular flexibility index (Phi) is 14.4. The van der Waals surface area contributed by atoms with E-state index in [1.54, 1.807) is 12.2 Å². The summed E-state index contributed by atoms with van der Waals surface area (Å²) < 4.78 is 5.70. The van der Waals surface area contributed by atoms with E-state index < -0.39 is 5.60 Å². The Morgan fingerprint density at radius 2 is 1.74 bits per heavy atom. The smallest absolute Gasteiger partial charge is 0.323 e. The number of ether oxygens (including phenoxy) is 1. The SMILES string of the molecule is C=N/C(=C\C(=C/C)C(=O)NC1CCCc2ccccc21)c1cc(N2CCCCC2)ccc1NC(=O)c1cccc(CN(C)CCN2CCC[C@H]2C(=O)OC(C)(C)C)c1. The minimum Gasteiger partial charge on any atom is -0.459 e. The van der Waals surface area contributed by atoms with Crippen LogP contribution >= 0.6 is 0 Å². The van der Waals surface area contributed by atoms with Gasteiger partial charge in [-0.05, 0) is 152 Å². The van der Waals surface area contributed by atoms with Gasteiger partial charge in [0, 0.05) is 55.1 Å². The minimum atomic E-state index is -0.504. The van der Waals surface area contributed by atoms with E-state index in [0.717, 1.165) is 88.9 Å². The van der Waals surface area contributed by atoms with Gasteiger partial charge in [0.1, 0.15) is 11.6 Å². The van der Waals surface area contributed by atoms with E-state index in [4.69, 9.17) is 4.74 Å². The summed E-state index contributed by atoms with van der Waals surface area (Å²) in [6.45, 7) is 16.5. The molecule has 6 rings (SSSR count). The minimum absolute atomic E-state index is 0.0598. The maximum atomic E-state index is 14.0. The first-order valence-electron chi connectivity index (χ1n) is 21.1. The third-order valence-electron chi connectivity index (χ3n) is 11.4. The van der Waals surface area contributed by atoms with Crippen LogP contribution in [-0.2, 0) is 27.3 Å². The molecule has 0 saturated carbocycles. The molecule has 58 heavy (non-hydrogen) atoms. The fourth-order valence-electron chi connectivity index (χ4n) is 8.41. The lowest BCUT2D eigenvalue weighted by Crippen LogP contribution is -2.43. The molecular formula is C48H62N6O4. The van der Waals surface area contributed by atoms with Crippen LogP contribution < -0.4 is 15.5 Å². The predicted molar refractivity (Wildman–Crippen MR) is 235 cm³/mol. The second-order valence-corrected chi connectivity index (χ2v) is 16.9. The number of likely N-dealkylation sites (tertiary alicyclic amines) is 1. The maximum Gasteiger partial charge on any atom is 0.323 e. The van der Waals surface area contributed by atoms with Crippen molar-refractivity contribution in [1.29, 1.82) is 0 Å². The van der Waals surface area contributed by atoms with Crippen LogP contribution in [0.5, 0.6) is 0 Å². The van der Waals surface area contributed by atoms with Gasteiger partial charge in [-0.15, -0.1) is 0 Å². The van der Waals surface area contributed by atoms with Crippen molar-refractivity contribution in [2.45, 2.75) is 103 Å². The van der Waals surface area contributed by atoms with Gasteiger partial charge in [0.25, 0.3) is 11.8 Å². The van der Waals surface area contributed by atoms with Crippen molar-refractivity contribution in [3.63, 3.8) is 0 Å². The maximum absolute atomic E-state index is 14.0.